The first-order valence-corrected chi connectivity index (χ1v) is 9.53. The van der Waals surface area contributed by atoms with Gasteiger partial charge in [0.05, 0.1) is 5.70 Å². The highest BCUT2D eigenvalue weighted by molar-refractivity contribution is 6.23. The molecule has 0 bridgehead atoms. The minimum atomic E-state index is -0.463. The molecule has 2 aromatic rings. The summed E-state index contributed by atoms with van der Waals surface area (Å²) in [6.07, 6.45) is 1.17. The molecule has 0 radical (unpaired) electrons. The summed E-state index contributed by atoms with van der Waals surface area (Å²) < 4.78 is 13.6. The van der Waals surface area contributed by atoms with E-state index in [1.807, 2.05) is 24.3 Å². The van der Waals surface area contributed by atoms with E-state index >= 15 is 0 Å². The third-order valence-corrected chi connectivity index (χ3v) is 5.93. The maximum Gasteiger partial charge on any atom is 0.192 e. The van der Waals surface area contributed by atoms with E-state index in [4.69, 9.17) is 0 Å². The van der Waals surface area contributed by atoms with Crippen LogP contribution >= 0.6 is 0 Å². The second-order valence-corrected chi connectivity index (χ2v) is 8.61. The molecule has 0 aromatic heterocycles. The van der Waals surface area contributed by atoms with Gasteiger partial charge in [0.15, 0.2) is 11.6 Å². The minimum Gasteiger partial charge on any atom is -0.358 e. The van der Waals surface area contributed by atoms with Crippen molar-refractivity contribution < 1.29 is 14.0 Å². The fourth-order valence-corrected chi connectivity index (χ4v) is 4.78. The summed E-state index contributed by atoms with van der Waals surface area (Å²) in [7, 11) is 0. The lowest BCUT2D eigenvalue weighted by Gasteiger charge is -2.39. The Morgan fingerprint density at radius 1 is 0.929 bits per heavy atom. The molecule has 2 aromatic carbocycles. The molecule has 1 atom stereocenters. The van der Waals surface area contributed by atoms with Crippen molar-refractivity contribution in [1.82, 2.24) is 5.32 Å². The van der Waals surface area contributed by atoms with Crippen molar-refractivity contribution >= 4 is 17.3 Å². The first-order valence-electron chi connectivity index (χ1n) is 9.53. The Hall–Kier alpha value is -3.01. The first kappa shape index (κ1) is 17.1. The number of nitrogens with one attached hydrogen (secondary N) is 1. The van der Waals surface area contributed by atoms with Crippen LogP contribution in [0.2, 0.25) is 0 Å². The van der Waals surface area contributed by atoms with Crippen LogP contribution in [0, 0.1) is 11.2 Å². The van der Waals surface area contributed by atoms with Crippen molar-refractivity contribution in [2.75, 3.05) is 0 Å². The van der Waals surface area contributed by atoms with Gasteiger partial charge in [-0.3, -0.25) is 9.59 Å². The summed E-state index contributed by atoms with van der Waals surface area (Å²) in [5.74, 6) is -0.798. The molecule has 0 spiro atoms. The fraction of sp³-hybridized carbons (Fsp3) is 0.250. The Balaban J connectivity index is 1.75. The van der Waals surface area contributed by atoms with Crippen molar-refractivity contribution in [3.8, 4) is 0 Å². The number of hydrogen-bond donors (Lipinski definition) is 1. The second kappa shape index (κ2) is 5.74. The number of rotatable bonds is 1. The molecule has 1 unspecified atom stereocenters. The fourth-order valence-electron chi connectivity index (χ4n) is 4.78. The van der Waals surface area contributed by atoms with Crippen LogP contribution in [0.1, 0.15) is 54.1 Å². The summed E-state index contributed by atoms with van der Waals surface area (Å²) in [6, 6.07) is 13.7. The SMILES string of the molecule is CC1(C)CC(=O)C2=C(C1)NC1=C(C(=O)c3ccccc31)C2c1ccc(F)cc1. The van der Waals surface area contributed by atoms with Crippen LogP contribution in [0.3, 0.4) is 0 Å². The van der Waals surface area contributed by atoms with Crippen LogP contribution in [-0.4, -0.2) is 11.6 Å². The lowest BCUT2D eigenvalue weighted by molar-refractivity contribution is -0.118. The molecule has 2 aliphatic carbocycles. The molecular formula is C24H20FNO2. The van der Waals surface area contributed by atoms with Gasteiger partial charge in [0.2, 0.25) is 0 Å². The number of carbonyl (C=O) groups is 2. The van der Waals surface area contributed by atoms with Crippen molar-refractivity contribution in [3.63, 3.8) is 0 Å². The molecule has 0 saturated carbocycles. The quantitative estimate of drug-likeness (QED) is 0.784. The van der Waals surface area contributed by atoms with Crippen molar-refractivity contribution in [2.24, 2.45) is 5.41 Å². The number of Topliss-reactive ketones (excluding diaryl/α,β-unsaturated/α-hetero) is 2. The van der Waals surface area contributed by atoms with Gasteiger partial charge in [-0.1, -0.05) is 50.2 Å². The lowest BCUT2D eigenvalue weighted by Crippen LogP contribution is -2.37. The van der Waals surface area contributed by atoms with Gasteiger partial charge in [-0.25, -0.2) is 4.39 Å². The third-order valence-electron chi connectivity index (χ3n) is 5.93. The van der Waals surface area contributed by atoms with Crippen molar-refractivity contribution in [3.05, 3.63) is 87.9 Å². The third kappa shape index (κ3) is 2.40. The Bertz CT molecular complexity index is 1110. The predicted molar refractivity (Wildman–Crippen MR) is 105 cm³/mol. The molecular weight excluding hydrogens is 353 g/mol. The van der Waals surface area contributed by atoms with E-state index in [1.54, 1.807) is 12.1 Å². The first-order chi connectivity index (χ1) is 13.4. The van der Waals surface area contributed by atoms with Gasteiger partial charge >= 0.3 is 0 Å². The van der Waals surface area contributed by atoms with Gasteiger partial charge < -0.3 is 5.32 Å². The summed E-state index contributed by atoms with van der Waals surface area (Å²) in [6.45, 7) is 4.17. The second-order valence-electron chi connectivity index (χ2n) is 8.61. The molecule has 1 aliphatic heterocycles. The molecule has 3 nitrogen and oxygen atoms in total. The normalized spacial score (nSPS) is 22.6. The maximum absolute atomic E-state index is 13.6. The number of carbonyl (C=O) groups excluding carboxylic acids is 2. The zero-order valence-electron chi connectivity index (χ0n) is 15.8. The van der Waals surface area contributed by atoms with Gasteiger partial charge in [-0.2, -0.15) is 0 Å². The molecule has 1 N–H and O–H groups in total. The monoisotopic (exact) mass is 373 g/mol. The van der Waals surface area contributed by atoms with E-state index in [-0.39, 0.29) is 22.8 Å². The van der Waals surface area contributed by atoms with Gasteiger partial charge in [0.25, 0.3) is 0 Å². The van der Waals surface area contributed by atoms with E-state index in [1.165, 1.54) is 12.1 Å². The molecule has 3 aliphatic rings. The van der Waals surface area contributed by atoms with E-state index in [2.05, 4.69) is 19.2 Å². The Morgan fingerprint density at radius 3 is 2.32 bits per heavy atom. The topological polar surface area (TPSA) is 46.2 Å². The Labute approximate surface area is 163 Å². The highest BCUT2D eigenvalue weighted by Crippen LogP contribution is 2.51. The maximum atomic E-state index is 13.6. The zero-order chi connectivity index (χ0) is 19.6. The molecule has 0 saturated heterocycles. The van der Waals surface area contributed by atoms with Crippen molar-refractivity contribution in [1.29, 1.82) is 0 Å². The molecule has 28 heavy (non-hydrogen) atoms. The summed E-state index contributed by atoms with van der Waals surface area (Å²) in [5, 5.41) is 3.44. The predicted octanol–water partition coefficient (Wildman–Crippen LogP) is 4.76. The average Bonchev–Trinajstić information content (AvgIpc) is 2.93. The molecule has 0 amide bonds. The number of allylic oxidation sites excluding steroid dienone is 3. The highest BCUT2D eigenvalue weighted by Gasteiger charge is 2.46. The molecule has 5 rings (SSSR count). The highest BCUT2D eigenvalue weighted by atomic mass is 19.1. The van der Waals surface area contributed by atoms with Crippen LogP contribution in [0.15, 0.2) is 65.4 Å². The number of hydrogen-bond acceptors (Lipinski definition) is 3. The van der Waals surface area contributed by atoms with Crippen LogP contribution < -0.4 is 5.32 Å². The van der Waals surface area contributed by atoms with Gasteiger partial charge in [0, 0.05) is 40.3 Å². The van der Waals surface area contributed by atoms with E-state index in [0.29, 0.717) is 23.1 Å². The average molecular weight is 373 g/mol. The molecule has 1 heterocycles. The standard InChI is InChI=1S/C24H20FNO2/c1-24(2)11-17-20(18(27)12-24)19(13-7-9-14(25)10-8-13)21-22(26-17)15-5-3-4-6-16(15)23(21)28/h3-10,19,26H,11-12H2,1-2H3. The van der Waals surface area contributed by atoms with Crippen LogP contribution in [-0.2, 0) is 4.79 Å². The largest absolute Gasteiger partial charge is 0.358 e. The molecule has 140 valence electrons. The van der Waals surface area contributed by atoms with Crippen LogP contribution in [0.5, 0.6) is 0 Å². The van der Waals surface area contributed by atoms with E-state index in [9.17, 15) is 14.0 Å². The van der Waals surface area contributed by atoms with E-state index in [0.717, 1.165) is 28.9 Å². The van der Waals surface area contributed by atoms with Crippen molar-refractivity contribution in [2.45, 2.75) is 32.6 Å². The summed E-state index contributed by atoms with van der Waals surface area (Å²) in [5.41, 5.74) is 5.09. The van der Waals surface area contributed by atoms with Gasteiger partial charge in [0.1, 0.15) is 5.82 Å². The number of halogens is 1. The summed E-state index contributed by atoms with van der Waals surface area (Å²) >= 11 is 0. The number of fused-ring (bicyclic) bond motifs is 2. The number of ketones is 2. The van der Waals surface area contributed by atoms with E-state index < -0.39 is 5.92 Å². The van der Waals surface area contributed by atoms with Crippen LogP contribution in [0.25, 0.3) is 5.70 Å². The molecule has 4 heteroatoms. The number of benzene rings is 2. The minimum absolute atomic E-state index is 0.0587. The van der Waals surface area contributed by atoms with Crippen LogP contribution in [0.4, 0.5) is 4.39 Å². The Kier molecular flexibility index (Phi) is 3.51. The van der Waals surface area contributed by atoms with Gasteiger partial charge in [-0.05, 0) is 29.5 Å². The number of dihydropyridines is 1. The Morgan fingerprint density at radius 2 is 1.61 bits per heavy atom. The van der Waals surface area contributed by atoms with Gasteiger partial charge in [-0.15, -0.1) is 0 Å². The molecule has 0 fully saturated rings. The smallest absolute Gasteiger partial charge is 0.192 e. The zero-order valence-corrected chi connectivity index (χ0v) is 15.8. The summed E-state index contributed by atoms with van der Waals surface area (Å²) in [4.78, 5) is 26.4. The lowest BCUT2D eigenvalue weighted by atomic mass is 9.68.